The van der Waals surface area contributed by atoms with Crippen LogP contribution in [-0.4, -0.2) is 33.1 Å². The van der Waals surface area contributed by atoms with Gasteiger partial charge in [0.05, 0.1) is 18.7 Å². The lowest BCUT2D eigenvalue weighted by Crippen LogP contribution is -2.48. The van der Waals surface area contributed by atoms with Gasteiger partial charge in [-0.1, -0.05) is 20.8 Å². The van der Waals surface area contributed by atoms with Crippen molar-refractivity contribution in [1.29, 1.82) is 0 Å². The van der Waals surface area contributed by atoms with Crippen molar-refractivity contribution >= 4 is 12.0 Å². The van der Waals surface area contributed by atoms with Gasteiger partial charge in [0.15, 0.2) is 0 Å². The van der Waals surface area contributed by atoms with E-state index in [0.717, 1.165) is 0 Å². The highest BCUT2D eigenvalue weighted by Gasteiger charge is 2.28. The van der Waals surface area contributed by atoms with Crippen molar-refractivity contribution in [1.82, 2.24) is 20.6 Å². The lowest BCUT2D eigenvalue weighted by molar-refractivity contribution is -0.138. The Morgan fingerprint density at radius 3 is 2.60 bits per heavy atom. The molecule has 0 spiro atoms. The molecule has 0 saturated carbocycles. The standard InChI is InChI=1S/C13H20N4O3/c1-13(2,3)10(6-11(18)19)17-12(20)15-7-9-4-5-14-8-16-9/h4-5,8,10H,6-7H2,1-3H3,(H,18,19)(H2,15,17,20). The van der Waals surface area contributed by atoms with Crippen LogP contribution in [0.4, 0.5) is 4.79 Å². The van der Waals surface area contributed by atoms with Gasteiger partial charge in [0, 0.05) is 12.2 Å². The number of hydrogen-bond acceptors (Lipinski definition) is 4. The summed E-state index contributed by atoms with van der Waals surface area (Å²) in [5.41, 5.74) is 0.339. The molecule has 110 valence electrons. The Hall–Kier alpha value is -2.18. The maximum atomic E-state index is 11.8. The van der Waals surface area contributed by atoms with Gasteiger partial charge in [0.25, 0.3) is 0 Å². The first-order valence-corrected chi connectivity index (χ1v) is 6.30. The first-order chi connectivity index (χ1) is 9.29. The zero-order valence-corrected chi connectivity index (χ0v) is 11.9. The number of carboxylic acids is 1. The van der Waals surface area contributed by atoms with Crippen molar-refractivity contribution in [3.05, 3.63) is 24.3 Å². The zero-order chi connectivity index (χ0) is 15.2. The topological polar surface area (TPSA) is 104 Å². The molecule has 0 aliphatic carbocycles. The molecule has 2 amide bonds. The summed E-state index contributed by atoms with van der Waals surface area (Å²) in [5, 5.41) is 14.2. The summed E-state index contributed by atoms with van der Waals surface area (Å²) in [6.07, 6.45) is 2.87. The van der Waals surface area contributed by atoms with Crippen molar-refractivity contribution in [3.8, 4) is 0 Å². The Bertz CT molecular complexity index is 456. The molecule has 1 aromatic heterocycles. The third-order valence-corrected chi connectivity index (χ3v) is 2.80. The summed E-state index contributed by atoms with van der Waals surface area (Å²) in [7, 11) is 0. The van der Waals surface area contributed by atoms with E-state index < -0.39 is 18.0 Å². The largest absolute Gasteiger partial charge is 0.481 e. The van der Waals surface area contributed by atoms with Crippen LogP contribution < -0.4 is 10.6 Å². The number of carbonyl (C=O) groups is 2. The number of nitrogens with zero attached hydrogens (tertiary/aromatic N) is 2. The fourth-order valence-corrected chi connectivity index (χ4v) is 1.55. The van der Waals surface area contributed by atoms with Gasteiger partial charge in [-0.2, -0.15) is 0 Å². The average molecular weight is 280 g/mol. The third-order valence-electron chi connectivity index (χ3n) is 2.80. The molecule has 0 fully saturated rings. The SMILES string of the molecule is CC(C)(C)C(CC(=O)O)NC(=O)NCc1ccncn1. The van der Waals surface area contributed by atoms with Crippen molar-refractivity contribution < 1.29 is 14.7 Å². The Kier molecular flexibility index (Phi) is 5.42. The first kappa shape index (κ1) is 15.9. The highest BCUT2D eigenvalue weighted by atomic mass is 16.4. The number of rotatable bonds is 5. The van der Waals surface area contributed by atoms with E-state index in [0.29, 0.717) is 5.69 Å². The van der Waals surface area contributed by atoms with Crippen molar-refractivity contribution in [2.75, 3.05) is 0 Å². The van der Waals surface area contributed by atoms with E-state index in [-0.39, 0.29) is 18.4 Å². The quantitative estimate of drug-likeness (QED) is 0.751. The van der Waals surface area contributed by atoms with E-state index in [1.54, 1.807) is 12.3 Å². The predicted octanol–water partition coefficient (Wildman–Crippen LogP) is 1.17. The maximum absolute atomic E-state index is 11.8. The number of nitrogens with one attached hydrogen (secondary N) is 2. The van der Waals surface area contributed by atoms with Crippen LogP contribution in [0.5, 0.6) is 0 Å². The van der Waals surface area contributed by atoms with E-state index in [1.807, 2.05) is 20.8 Å². The summed E-state index contributed by atoms with van der Waals surface area (Å²) in [5.74, 6) is -0.943. The number of carbonyl (C=O) groups excluding carboxylic acids is 1. The van der Waals surface area contributed by atoms with Gasteiger partial charge in [-0.3, -0.25) is 4.79 Å². The molecule has 1 heterocycles. The van der Waals surface area contributed by atoms with E-state index in [1.165, 1.54) is 6.33 Å². The molecular weight excluding hydrogens is 260 g/mol. The van der Waals surface area contributed by atoms with Crippen LogP contribution in [0, 0.1) is 5.41 Å². The molecule has 7 nitrogen and oxygen atoms in total. The van der Waals surface area contributed by atoms with Crippen LogP contribution in [0.15, 0.2) is 18.6 Å². The van der Waals surface area contributed by atoms with Crippen LogP contribution in [0.1, 0.15) is 32.9 Å². The van der Waals surface area contributed by atoms with Crippen molar-refractivity contribution in [2.45, 2.75) is 39.8 Å². The molecule has 1 unspecified atom stereocenters. The molecule has 0 radical (unpaired) electrons. The molecule has 1 atom stereocenters. The predicted molar refractivity (Wildman–Crippen MR) is 72.9 cm³/mol. The van der Waals surface area contributed by atoms with Crippen LogP contribution in [-0.2, 0) is 11.3 Å². The lowest BCUT2D eigenvalue weighted by Gasteiger charge is -2.30. The Morgan fingerprint density at radius 1 is 1.40 bits per heavy atom. The summed E-state index contributed by atoms with van der Waals surface area (Å²) < 4.78 is 0. The third kappa shape index (κ3) is 5.64. The second-order valence-corrected chi connectivity index (χ2v) is 5.54. The van der Waals surface area contributed by atoms with Gasteiger partial charge in [-0.15, -0.1) is 0 Å². The molecule has 3 N–H and O–H groups in total. The van der Waals surface area contributed by atoms with Crippen molar-refractivity contribution in [3.63, 3.8) is 0 Å². The monoisotopic (exact) mass is 280 g/mol. The minimum Gasteiger partial charge on any atom is -0.481 e. The minimum absolute atomic E-state index is 0.121. The van der Waals surface area contributed by atoms with Crippen molar-refractivity contribution in [2.24, 2.45) is 5.41 Å². The van der Waals surface area contributed by atoms with Gasteiger partial charge in [-0.25, -0.2) is 14.8 Å². The molecule has 0 saturated heterocycles. The molecule has 20 heavy (non-hydrogen) atoms. The number of carboxylic acid groups (broad SMARTS) is 1. The number of aromatic nitrogens is 2. The summed E-state index contributed by atoms with van der Waals surface area (Å²) in [6.45, 7) is 5.90. The molecule has 7 heteroatoms. The van der Waals surface area contributed by atoms with E-state index in [2.05, 4.69) is 20.6 Å². The summed E-state index contributed by atoms with van der Waals surface area (Å²) >= 11 is 0. The molecule has 0 aliphatic heterocycles. The van der Waals surface area contributed by atoms with Crippen LogP contribution in [0.3, 0.4) is 0 Å². The number of amides is 2. The first-order valence-electron chi connectivity index (χ1n) is 6.30. The molecule has 1 rings (SSSR count). The van der Waals surface area contributed by atoms with Gasteiger partial charge < -0.3 is 15.7 Å². The highest BCUT2D eigenvalue weighted by Crippen LogP contribution is 2.21. The number of urea groups is 1. The normalized spacial score (nSPS) is 12.6. The maximum Gasteiger partial charge on any atom is 0.315 e. The summed E-state index contributed by atoms with van der Waals surface area (Å²) in [4.78, 5) is 30.4. The average Bonchev–Trinajstić information content (AvgIpc) is 2.35. The van der Waals surface area contributed by atoms with Crippen LogP contribution in [0.25, 0.3) is 0 Å². The van der Waals surface area contributed by atoms with E-state index in [4.69, 9.17) is 5.11 Å². The molecule has 0 bridgehead atoms. The molecule has 1 aromatic rings. The lowest BCUT2D eigenvalue weighted by atomic mass is 9.85. The van der Waals surface area contributed by atoms with E-state index in [9.17, 15) is 9.59 Å². The summed E-state index contributed by atoms with van der Waals surface area (Å²) in [6, 6.07) is 0.828. The second kappa shape index (κ2) is 6.83. The fraction of sp³-hybridized carbons (Fsp3) is 0.538. The fourth-order valence-electron chi connectivity index (χ4n) is 1.55. The Balaban J connectivity index is 2.52. The Labute approximate surface area is 117 Å². The number of aliphatic carboxylic acids is 1. The van der Waals surface area contributed by atoms with Gasteiger partial charge in [0.2, 0.25) is 0 Å². The van der Waals surface area contributed by atoms with Crippen LogP contribution in [0.2, 0.25) is 0 Å². The second-order valence-electron chi connectivity index (χ2n) is 5.54. The Morgan fingerprint density at radius 2 is 2.10 bits per heavy atom. The van der Waals surface area contributed by atoms with Gasteiger partial charge in [0.1, 0.15) is 6.33 Å². The van der Waals surface area contributed by atoms with Crippen LogP contribution >= 0.6 is 0 Å². The molecule has 0 aromatic carbocycles. The highest BCUT2D eigenvalue weighted by molar-refractivity contribution is 5.75. The molecule has 0 aliphatic rings. The van der Waals surface area contributed by atoms with Gasteiger partial charge in [-0.05, 0) is 11.5 Å². The zero-order valence-electron chi connectivity index (χ0n) is 11.9. The molecular formula is C13H20N4O3. The minimum atomic E-state index is -0.943. The van der Waals surface area contributed by atoms with E-state index >= 15 is 0 Å². The number of hydrogen-bond donors (Lipinski definition) is 3. The van der Waals surface area contributed by atoms with Gasteiger partial charge >= 0.3 is 12.0 Å². The smallest absolute Gasteiger partial charge is 0.315 e.